The third kappa shape index (κ3) is 2.98. The van der Waals surface area contributed by atoms with Crippen LogP contribution in [0.15, 0.2) is 18.2 Å². The largest absolute Gasteiger partial charge is 0.331 e. The molecule has 2 aromatic rings. The van der Waals surface area contributed by atoms with E-state index < -0.39 is 0 Å². The first-order valence-corrected chi connectivity index (χ1v) is 8.56. The van der Waals surface area contributed by atoms with E-state index in [4.69, 9.17) is 12.2 Å². The van der Waals surface area contributed by atoms with Crippen molar-refractivity contribution in [3.8, 4) is 0 Å². The molecule has 1 amide bonds. The lowest BCUT2D eigenvalue weighted by atomic mass is 10.2. The van der Waals surface area contributed by atoms with Crippen LogP contribution in [0, 0.1) is 4.77 Å². The molecule has 4 nitrogen and oxygen atoms in total. The lowest BCUT2D eigenvalue weighted by Crippen LogP contribution is -2.30. The first-order chi connectivity index (χ1) is 9.22. The topological polar surface area (TPSA) is 60.7 Å². The number of aromatic amines is 2. The second-order valence-corrected chi connectivity index (χ2v) is 7.13. The maximum Gasteiger partial charge on any atom is 0.238 e. The monoisotopic (exact) mass is 311 g/mol. The number of carbonyl (C=O) groups excluding carboxylic acids is 1. The summed E-state index contributed by atoms with van der Waals surface area (Å²) in [6, 6.07) is 5.71. The summed E-state index contributed by atoms with van der Waals surface area (Å²) in [5.74, 6) is 3.17. The smallest absolute Gasteiger partial charge is 0.238 e. The Morgan fingerprint density at radius 1 is 1.32 bits per heavy atom. The van der Waals surface area contributed by atoms with E-state index in [0.29, 0.717) is 4.77 Å². The van der Waals surface area contributed by atoms with E-state index >= 15 is 0 Å². The van der Waals surface area contributed by atoms with Crippen molar-refractivity contribution >= 4 is 58.4 Å². The van der Waals surface area contributed by atoms with Crippen LogP contribution < -0.4 is 5.32 Å². The molecule has 100 valence electrons. The van der Waals surface area contributed by atoms with Crippen molar-refractivity contribution in [3.05, 3.63) is 23.0 Å². The van der Waals surface area contributed by atoms with Crippen LogP contribution in [0.2, 0.25) is 0 Å². The number of thioether (sulfide) groups is 2. The van der Waals surface area contributed by atoms with E-state index in [9.17, 15) is 4.79 Å². The number of rotatable bonds is 2. The summed E-state index contributed by atoms with van der Waals surface area (Å²) in [5, 5.41) is 3.03. The first kappa shape index (κ1) is 13.1. The van der Waals surface area contributed by atoms with E-state index in [1.165, 1.54) is 0 Å². The Balaban J connectivity index is 1.76. The lowest BCUT2D eigenvalue weighted by Gasteiger charge is -2.20. The third-order valence-corrected chi connectivity index (χ3v) is 5.85. The van der Waals surface area contributed by atoms with Gasteiger partial charge in [-0.15, -0.1) is 11.8 Å². The normalized spacial score (nSPS) is 19.5. The zero-order valence-electron chi connectivity index (χ0n) is 10.1. The summed E-state index contributed by atoms with van der Waals surface area (Å²) >= 11 is 8.62. The van der Waals surface area contributed by atoms with Crippen LogP contribution in [0.25, 0.3) is 11.0 Å². The van der Waals surface area contributed by atoms with Gasteiger partial charge in [-0.2, -0.15) is 11.8 Å². The van der Waals surface area contributed by atoms with Crippen molar-refractivity contribution < 1.29 is 4.79 Å². The molecule has 2 heterocycles. The van der Waals surface area contributed by atoms with Gasteiger partial charge in [0, 0.05) is 22.9 Å². The summed E-state index contributed by atoms with van der Waals surface area (Å²) in [5.41, 5.74) is 2.66. The minimum atomic E-state index is 0.0548. The number of H-pyrrole nitrogens is 2. The molecule has 1 aromatic heterocycles. The molecule has 0 radical (unpaired) electrons. The molecule has 0 spiro atoms. The van der Waals surface area contributed by atoms with Gasteiger partial charge in [-0.05, 0) is 30.4 Å². The standard InChI is InChI=1S/C12H13N3OS3/c16-11(10-6-18-3-4-19-10)13-7-1-2-8-9(5-7)15-12(17)14-8/h1-2,5,10H,3-4,6H2,(H,13,16)(H2,14,15,17)/t10-/m1/s1. The Labute approximate surface area is 124 Å². The minimum absolute atomic E-state index is 0.0548. The van der Waals surface area contributed by atoms with Crippen molar-refractivity contribution in [1.82, 2.24) is 9.97 Å². The zero-order chi connectivity index (χ0) is 13.2. The van der Waals surface area contributed by atoms with Gasteiger partial charge in [-0.3, -0.25) is 4.79 Å². The van der Waals surface area contributed by atoms with Gasteiger partial charge in [-0.25, -0.2) is 0 Å². The van der Waals surface area contributed by atoms with Gasteiger partial charge >= 0.3 is 0 Å². The van der Waals surface area contributed by atoms with Crippen LogP contribution in [-0.4, -0.2) is 38.4 Å². The summed E-state index contributed by atoms with van der Waals surface area (Å²) in [6.45, 7) is 0. The molecule has 1 aliphatic rings. The molecule has 0 unspecified atom stereocenters. The molecule has 1 fully saturated rings. The van der Waals surface area contributed by atoms with Gasteiger partial charge in [0.15, 0.2) is 4.77 Å². The van der Waals surface area contributed by atoms with Gasteiger partial charge in [-0.1, -0.05) is 0 Å². The summed E-state index contributed by atoms with van der Waals surface area (Å²) in [4.78, 5) is 18.2. The highest BCUT2D eigenvalue weighted by Crippen LogP contribution is 2.25. The fraction of sp³-hybridized carbons (Fsp3) is 0.333. The summed E-state index contributed by atoms with van der Waals surface area (Å²) in [6.07, 6.45) is 0. The van der Waals surface area contributed by atoms with E-state index in [-0.39, 0.29) is 11.2 Å². The van der Waals surface area contributed by atoms with Gasteiger partial charge in [0.25, 0.3) is 0 Å². The Morgan fingerprint density at radius 3 is 2.95 bits per heavy atom. The summed E-state index contributed by atoms with van der Waals surface area (Å²) < 4.78 is 0.595. The number of anilines is 1. The average Bonchev–Trinajstić information content (AvgIpc) is 2.79. The fourth-order valence-corrected chi connectivity index (χ4v) is 4.75. The van der Waals surface area contributed by atoms with Gasteiger partial charge < -0.3 is 15.3 Å². The van der Waals surface area contributed by atoms with Gasteiger partial charge in [0.1, 0.15) is 0 Å². The number of fused-ring (bicyclic) bond motifs is 1. The molecule has 0 aliphatic carbocycles. The number of aromatic nitrogens is 2. The number of imidazole rings is 1. The molecule has 0 bridgehead atoms. The predicted octanol–water partition coefficient (Wildman–Crippen LogP) is 3.01. The molecular formula is C12H13N3OS3. The Hall–Kier alpha value is -0.920. The second-order valence-electron chi connectivity index (χ2n) is 4.26. The molecule has 1 aromatic carbocycles. The fourth-order valence-electron chi connectivity index (χ4n) is 1.97. The summed E-state index contributed by atoms with van der Waals surface area (Å²) in [7, 11) is 0. The van der Waals surface area contributed by atoms with Crippen LogP contribution in [0.1, 0.15) is 0 Å². The second kappa shape index (κ2) is 5.60. The Kier molecular flexibility index (Phi) is 3.86. The van der Waals surface area contributed by atoms with E-state index in [1.807, 2.05) is 30.0 Å². The molecular weight excluding hydrogens is 298 g/mol. The molecule has 7 heteroatoms. The lowest BCUT2D eigenvalue weighted by molar-refractivity contribution is -0.115. The quantitative estimate of drug-likeness (QED) is 0.746. The maximum absolute atomic E-state index is 12.1. The van der Waals surface area contributed by atoms with Crippen LogP contribution in [-0.2, 0) is 4.79 Å². The van der Waals surface area contributed by atoms with Gasteiger partial charge in [0.05, 0.1) is 16.3 Å². The van der Waals surface area contributed by atoms with Crippen molar-refractivity contribution in [2.24, 2.45) is 0 Å². The third-order valence-electron chi connectivity index (χ3n) is 2.89. The van der Waals surface area contributed by atoms with Crippen molar-refractivity contribution in [2.45, 2.75) is 5.25 Å². The van der Waals surface area contributed by atoms with E-state index in [0.717, 1.165) is 34.0 Å². The number of amides is 1. The molecule has 1 atom stereocenters. The molecule has 19 heavy (non-hydrogen) atoms. The molecule has 3 rings (SSSR count). The predicted molar refractivity (Wildman–Crippen MR) is 85.7 cm³/mol. The van der Waals surface area contributed by atoms with Crippen LogP contribution in [0.5, 0.6) is 0 Å². The highest BCUT2D eigenvalue weighted by molar-refractivity contribution is 8.07. The Bertz CT molecular complexity index is 658. The molecule has 1 aliphatic heterocycles. The Morgan fingerprint density at radius 2 is 2.16 bits per heavy atom. The maximum atomic E-state index is 12.1. The van der Waals surface area contributed by atoms with Crippen molar-refractivity contribution in [3.63, 3.8) is 0 Å². The number of nitrogens with one attached hydrogen (secondary N) is 3. The highest BCUT2D eigenvalue weighted by atomic mass is 32.2. The molecule has 1 saturated heterocycles. The number of carbonyl (C=O) groups is 1. The van der Waals surface area contributed by atoms with Crippen LogP contribution >= 0.6 is 35.7 Å². The van der Waals surface area contributed by atoms with Crippen LogP contribution in [0.3, 0.4) is 0 Å². The SMILES string of the molecule is O=C(Nc1ccc2[nH]c(=S)[nH]c2c1)[C@H]1CSCCS1. The van der Waals surface area contributed by atoms with Crippen molar-refractivity contribution in [2.75, 3.05) is 22.6 Å². The highest BCUT2D eigenvalue weighted by Gasteiger charge is 2.22. The zero-order valence-corrected chi connectivity index (χ0v) is 12.5. The van der Waals surface area contributed by atoms with Crippen LogP contribution in [0.4, 0.5) is 5.69 Å². The number of hydrogen-bond donors (Lipinski definition) is 3. The van der Waals surface area contributed by atoms with Crippen molar-refractivity contribution in [1.29, 1.82) is 0 Å². The average molecular weight is 311 g/mol. The molecule has 3 N–H and O–H groups in total. The number of hydrogen-bond acceptors (Lipinski definition) is 4. The number of benzene rings is 1. The van der Waals surface area contributed by atoms with E-state index in [1.54, 1.807) is 11.8 Å². The molecule has 0 saturated carbocycles. The minimum Gasteiger partial charge on any atom is -0.331 e. The first-order valence-electron chi connectivity index (χ1n) is 5.94. The van der Waals surface area contributed by atoms with Gasteiger partial charge in [0.2, 0.25) is 5.91 Å². The van der Waals surface area contributed by atoms with E-state index in [2.05, 4.69) is 15.3 Å².